The molecule has 1 amide bonds. The zero-order valence-corrected chi connectivity index (χ0v) is 14.6. The van der Waals surface area contributed by atoms with Gasteiger partial charge in [-0.3, -0.25) is 9.48 Å². The maximum atomic E-state index is 12.9. The molecule has 0 saturated carbocycles. The quantitative estimate of drug-likeness (QED) is 0.854. The molecule has 3 heterocycles. The van der Waals surface area contributed by atoms with E-state index in [1.54, 1.807) is 0 Å². The minimum atomic E-state index is 0.110. The number of rotatable bonds is 4. The van der Waals surface area contributed by atoms with Crippen LogP contribution in [0.4, 0.5) is 0 Å². The molecule has 25 heavy (non-hydrogen) atoms. The lowest BCUT2D eigenvalue weighted by atomic mass is 10.0. The van der Waals surface area contributed by atoms with Crippen LogP contribution in [0, 0.1) is 0 Å². The van der Waals surface area contributed by atoms with E-state index in [9.17, 15) is 4.79 Å². The molecule has 2 aliphatic rings. The SMILES string of the molecule is CN1CCC(N2CCn3nc(COc4ccccc4)cc3C2=O)CC1. The van der Waals surface area contributed by atoms with Gasteiger partial charge in [-0.2, -0.15) is 5.10 Å². The summed E-state index contributed by atoms with van der Waals surface area (Å²) in [6.45, 7) is 4.01. The summed E-state index contributed by atoms with van der Waals surface area (Å²) < 4.78 is 7.58. The molecule has 0 N–H and O–H groups in total. The lowest BCUT2D eigenvalue weighted by Crippen LogP contribution is -2.50. The van der Waals surface area contributed by atoms with Crippen molar-refractivity contribution in [1.29, 1.82) is 0 Å². The third kappa shape index (κ3) is 3.39. The highest BCUT2D eigenvalue weighted by Crippen LogP contribution is 2.22. The summed E-state index contributed by atoms with van der Waals surface area (Å²) >= 11 is 0. The maximum Gasteiger partial charge on any atom is 0.272 e. The molecule has 0 bridgehead atoms. The Labute approximate surface area is 148 Å². The fraction of sp³-hybridized carbons (Fsp3) is 0.474. The smallest absolute Gasteiger partial charge is 0.272 e. The number of amides is 1. The van der Waals surface area contributed by atoms with Gasteiger partial charge >= 0.3 is 0 Å². The van der Waals surface area contributed by atoms with Crippen molar-refractivity contribution in [3.63, 3.8) is 0 Å². The molecule has 0 spiro atoms. The normalized spacial score (nSPS) is 19.1. The van der Waals surface area contributed by atoms with E-state index in [1.165, 1.54) is 0 Å². The van der Waals surface area contributed by atoms with Crippen LogP contribution in [0.5, 0.6) is 5.75 Å². The van der Waals surface area contributed by atoms with Crippen molar-refractivity contribution in [2.75, 3.05) is 26.7 Å². The lowest BCUT2D eigenvalue weighted by Gasteiger charge is -2.39. The summed E-state index contributed by atoms with van der Waals surface area (Å²) in [6.07, 6.45) is 2.11. The van der Waals surface area contributed by atoms with Crippen molar-refractivity contribution in [2.24, 2.45) is 0 Å². The summed E-state index contributed by atoms with van der Waals surface area (Å²) in [5.74, 6) is 0.923. The first kappa shape index (κ1) is 16.1. The number of nitrogens with zero attached hydrogens (tertiary/aromatic N) is 4. The summed E-state index contributed by atoms with van der Waals surface area (Å²) in [4.78, 5) is 17.3. The van der Waals surface area contributed by atoms with Crippen LogP contribution in [0.3, 0.4) is 0 Å². The van der Waals surface area contributed by atoms with Gasteiger partial charge in [-0.1, -0.05) is 18.2 Å². The van der Waals surface area contributed by atoms with Gasteiger partial charge in [0, 0.05) is 12.6 Å². The fourth-order valence-corrected chi connectivity index (χ4v) is 3.66. The zero-order valence-electron chi connectivity index (χ0n) is 14.6. The predicted molar refractivity (Wildman–Crippen MR) is 94.6 cm³/mol. The third-order valence-corrected chi connectivity index (χ3v) is 5.12. The average Bonchev–Trinajstić information content (AvgIpc) is 3.06. The van der Waals surface area contributed by atoms with Gasteiger partial charge in [0.2, 0.25) is 0 Å². The van der Waals surface area contributed by atoms with Crippen LogP contribution >= 0.6 is 0 Å². The minimum absolute atomic E-state index is 0.110. The van der Waals surface area contributed by atoms with Crippen LogP contribution in [-0.4, -0.2) is 58.2 Å². The minimum Gasteiger partial charge on any atom is -0.487 e. The summed E-state index contributed by atoms with van der Waals surface area (Å²) in [7, 11) is 2.14. The molecule has 132 valence electrons. The molecule has 0 atom stereocenters. The number of carbonyl (C=O) groups is 1. The molecular formula is C19H24N4O2. The van der Waals surface area contributed by atoms with Gasteiger partial charge in [0.15, 0.2) is 0 Å². The van der Waals surface area contributed by atoms with Crippen LogP contribution < -0.4 is 4.74 Å². The highest BCUT2D eigenvalue weighted by atomic mass is 16.5. The van der Waals surface area contributed by atoms with E-state index in [4.69, 9.17) is 4.74 Å². The van der Waals surface area contributed by atoms with Gasteiger partial charge < -0.3 is 14.5 Å². The van der Waals surface area contributed by atoms with E-state index in [2.05, 4.69) is 17.0 Å². The van der Waals surface area contributed by atoms with Gasteiger partial charge in [-0.25, -0.2) is 0 Å². The number of piperidine rings is 1. The molecule has 0 aliphatic carbocycles. The van der Waals surface area contributed by atoms with Crippen LogP contribution in [0.2, 0.25) is 0 Å². The molecule has 0 radical (unpaired) electrons. The van der Waals surface area contributed by atoms with E-state index in [-0.39, 0.29) is 5.91 Å². The molecule has 1 aromatic heterocycles. The second-order valence-electron chi connectivity index (χ2n) is 6.88. The van der Waals surface area contributed by atoms with E-state index >= 15 is 0 Å². The molecule has 1 fully saturated rings. The number of hydrogen-bond donors (Lipinski definition) is 0. The number of para-hydroxylation sites is 1. The Balaban J connectivity index is 1.43. The van der Waals surface area contributed by atoms with Gasteiger partial charge in [0.05, 0.1) is 6.54 Å². The molecule has 0 unspecified atom stereocenters. The number of aromatic nitrogens is 2. The van der Waals surface area contributed by atoms with Gasteiger partial charge in [-0.15, -0.1) is 0 Å². The number of hydrogen-bond acceptors (Lipinski definition) is 4. The van der Waals surface area contributed by atoms with Gasteiger partial charge in [0.25, 0.3) is 5.91 Å². The van der Waals surface area contributed by atoms with E-state index in [0.717, 1.165) is 50.5 Å². The molecule has 2 aliphatic heterocycles. The van der Waals surface area contributed by atoms with Crippen molar-refractivity contribution in [1.82, 2.24) is 19.6 Å². The molecule has 1 saturated heterocycles. The first-order chi connectivity index (χ1) is 12.2. The van der Waals surface area contributed by atoms with E-state index < -0.39 is 0 Å². The number of carbonyl (C=O) groups excluding carboxylic acids is 1. The van der Waals surface area contributed by atoms with Crippen LogP contribution in [-0.2, 0) is 13.2 Å². The Morgan fingerprint density at radius 2 is 1.88 bits per heavy atom. The number of likely N-dealkylation sites (tertiary alicyclic amines) is 1. The zero-order chi connectivity index (χ0) is 17.2. The Kier molecular flexibility index (Phi) is 4.44. The predicted octanol–water partition coefficient (Wildman–Crippen LogP) is 2.01. The number of ether oxygens (including phenoxy) is 1. The average molecular weight is 340 g/mol. The van der Waals surface area contributed by atoms with E-state index in [1.807, 2.05) is 46.0 Å². The second-order valence-corrected chi connectivity index (χ2v) is 6.88. The fourth-order valence-electron chi connectivity index (χ4n) is 3.66. The standard InChI is InChI=1S/C19H24N4O2/c1-21-9-7-16(8-10-21)22-11-12-23-18(19(22)24)13-15(20-23)14-25-17-5-3-2-4-6-17/h2-6,13,16H,7-12,14H2,1H3. The molecule has 6 heteroatoms. The molecule has 6 nitrogen and oxygen atoms in total. The maximum absolute atomic E-state index is 12.9. The Morgan fingerprint density at radius 1 is 1.12 bits per heavy atom. The van der Waals surface area contributed by atoms with Crippen LogP contribution in [0.1, 0.15) is 29.0 Å². The largest absolute Gasteiger partial charge is 0.487 e. The van der Waals surface area contributed by atoms with Gasteiger partial charge in [0.1, 0.15) is 23.7 Å². The lowest BCUT2D eigenvalue weighted by molar-refractivity contribution is 0.0519. The van der Waals surface area contributed by atoms with Crippen molar-refractivity contribution in [3.05, 3.63) is 47.8 Å². The molecular weight excluding hydrogens is 316 g/mol. The summed E-state index contributed by atoms with van der Waals surface area (Å²) in [5.41, 5.74) is 1.49. The first-order valence-electron chi connectivity index (χ1n) is 8.95. The topological polar surface area (TPSA) is 50.6 Å². The number of fused-ring (bicyclic) bond motifs is 1. The summed E-state index contributed by atoms with van der Waals surface area (Å²) in [5, 5.41) is 4.54. The molecule has 1 aromatic carbocycles. The Bertz CT molecular complexity index is 735. The summed E-state index contributed by atoms with van der Waals surface area (Å²) in [6, 6.07) is 11.9. The Morgan fingerprint density at radius 3 is 2.64 bits per heavy atom. The van der Waals surface area contributed by atoms with Crippen molar-refractivity contribution >= 4 is 5.91 Å². The highest BCUT2D eigenvalue weighted by molar-refractivity contribution is 5.93. The highest BCUT2D eigenvalue weighted by Gasteiger charge is 2.32. The first-order valence-corrected chi connectivity index (χ1v) is 8.95. The molecule has 4 rings (SSSR count). The molecule has 2 aromatic rings. The second kappa shape index (κ2) is 6.88. The van der Waals surface area contributed by atoms with Crippen molar-refractivity contribution in [3.8, 4) is 5.75 Å². The monoisotopic (exact) mass is 340 g/mol. The van der Waals surface area contributed by atoms with E-state index in [0.29, 0.717) is 18.3 Å². The third-order valence-electron chi connectivity index (χ3n) is 5.12. The van der Waals surface area contributed by atoms with Crippen LogP contribution in [0.25, 0.3) is 0 Å². The van der Waals surface area contributed by atoms with Crippen molar-refractivity contribution < 1.29 is 9.53 Å². The van der Waals surface area contributed by atoms with Crippen LogP contribution in [0.15, 0.2) is 36.4 Å². The van der Waals surface area contributed by atoms with Gasteiger partial charge in [-0.05, 0) is 51.2 Å². The number of benzene rings is 1. The van der Waals surface area contributed by atoms with Crippen molar-refractivity contribution in [2.45, 2.75) is 32.0 Å². The Hall–Kier alpha value is -2.34.